The van der Waals surface area contributed by atoms with Crippen LogP contribution in [0.2, 0.25) is 0 Å². The van der Waals surface area contributed by atoms with Crippen molar-refractivity contribution in [1.29, 1.82) is 5.26 Å². The number of hydrogen-bond acceptors (Lipinski definition) is 5. The number of aromatic nitrogens is 2. The second-order valence-electron chi connectivity index (χ2n) is 9.52. The van der Waals surface area contributed by atoms with Gasteiger partial charge in [-0.05, 0) is 68.5 Å². The van der Waals surface area contributed by atoms with Crippen molar-refractivity contribution >= 4 is 16.6 Å². The van der Waals surface area contributed by atoms with Crippen LogP contribution < -0.4 is 10.6 Å². The molecule has 1 fully saturated rings. The quantitative estimate of drug-likeness (QED) is 0.442. The summed E-state index contributed by atoms with van der Waals surface area (Å²) in [6.07, 6.45) is 1.19. The van der Waals surface area contributed by atoms with E-state index in [9.17, 15) is 14.0 Å². The van der Waals surface area contributed by atoms with E-state index < -0.39 is 18.4 Å². The Kier molecular flexibility index (Phi) is 8.20. The standard InChI is InChI=1S/C28H31F2N5O/c1-28(2,19-31)26-8-6-23(17-34-26)32-11-3-4-24-15-21-14-20(16-33-22-9-12-36-13-10-22)5-7-25(21)35(24)18-27(29)30/h5-8,14-15,17,22,27,32-33H,9-13,16,18H2,1-2H3. The van der Waals surface area contributed by atoms with Crippen LogP contribution in [0.4, 0.5) is 14.5 Å². The normalized spacial score (nSPS) is 14.4. The van der Waals surface area contributed by atoms with Gasteiger partial charge in [-0.15, -0.1) is 0 Å². The van der Waals surface area contributed by atoms with Gasteiger partial charge in [0.25, 0.3) is 6.43 Å². The lowest BCUT2D eigenvalue weighted by molar-refractivity contribution is 0.0776. The van der Waals surface area contributed by atoms with E-state index in [1.807, 2.05) is 50.2 Å². The van der Waals surface area contributed by atoms with Crippen molar-refractivity contribution < 1.29 is 13.5 Å². The molecule has 0 radical (unpaired) electrons. The van der Waals surface area contributed by atoms with Crippen LogP contribution in [0.15, 0.2) is 42.6 Å². The lowest BCUT2D eigenvalue weighted by atomic mass is 9.91. The van der Waals surface area contributed by atoms with Gasteiger partial charge in [-0.1, -0.05) is 12.0 Å². The second-order valence-corrected chi connectivity index (χ2v) is 9.52. The van der Waals surface area contributed by atoms with Crippen LogP contribution in [-0.2, 0) is 23.2 Å². The molecule has 36 heavy (non-hydrogen) atoms. The van der Waals surface area contributed by atoms with Gasteiger partial charge < -0.3 is 19.9 Å². The minimum atomic E-state index is -2.48. The number of halogens is 2. The molecule has 1 aromatic carbocycles. The number of rotatable bonds is 8. The first-order chi connectivity index (χ1) is 17.4. The molecule has 1 aliphatic rings. The summed E-state index contributed by atoms with van der Waals surface area (Å²) in [6.45, 7) is 5.86. The van der Waals surface area contributed by atoms with Crippen molar-refractivity contribution in [3.63, 3.8) is 0 Å². The minimum Gasteiger partial charge on any atom is -0.381 e. The third-order valence-electron chi connectivity index (χ3n) is 6.38. The molecule has 1 saturated heterocycles. The summed E-state index contributed by atoms with van der Waals surface area (Å²) in [6, 6.07) is 14.2. The van der Waals surface area contributed by atoms with Crippen molar-refractivity contribution in [2.45, 2.75) is 57.7 Å². The molecule has 0 amide bonds. The number of alkyl halides is 2. The van der Waals surface area contributed by atoms with Gasteiger partial charge in [-0.3, -0.25) is 4.98 Å². The van der Waals surface area contributed by atoms with Crippen LogP contribution in [0.5, 0.6) is 0 Å². The van der Waals surface area contributed by atoms with E-state index in [4.69, 9.17) is 4.74 Å². The molecule has 3 aromatic rings. The van der Waals surface area contributed by atoms with E-state index in [-0.39, 0.29) is 0 Å². The topological polar surface area (TPSA) is 74.9 Å². The Labute approximate surface area is 210 Å². The highest BCUT2D eigenvalue weighted by atomic mass is 19.3. The summed E-state index contributed by atoms with van der Waals surface area (Å²) in [5.41, 5.74) is 3.24. The highest BCUT2D eigenvalue weighted by molar-refractivity contribution is 5.83. The lowest BCUT2D eigenvalue weighted by Gasteiger charge is -2.23. The summed E-state index contributed by atoms with van der Waals surface area (Å²) in [4.78, 5) is 4.35. The van der Waals surface area contributed by atoms with E-state index >= 15 is 0 Å². The van der Waals surface area contributed by atoms with Crippen molar-refractivity contribution in [2.24, 2.45) is 0 Å². The van der Waals surface area contributed by atoms with Gasteiger partial charge in [0.2, 0.25) is 0 Å². The first kappa shape index (κ1) is 25.6. The number of nitriles is 1. The molecule has 8 heteroatoms. The first-order valence-corrected chi connectivity index (χ1v) is 12.2. The summed E-state index contributed by atoms with van der Waals surface area (Å²) < 4.78 is 33.7. The molecule has 0 saturated carbocycles. The number of nitrogens with one attached hydrogen (secondary N) is 2. The van der Waals surface area contributed by atoms with Crippen LogP contribution in [0.3, 0.4) is 0 Å². The molecule has 6 nitrogen and oxygen atoms in total. The van der Waals surface area contributed by atoms with Crippen LogP contribution in [0.1, 0.15) is 43.6 Å². The summed E-state index contributed by atoms with van der Waals surface area (Å²) in [5, 5.41) is 16.9. The van der Waals surface area contributed by atoms with Gasteiger partial charge in [-0.25, -0.2) is 8.78 Å². The Hall–Kier alpha value is -3.46. The molecule has 2 aromatic heterocycles. The Morgan fingerprint density at radius 1 is 1.19 bits per heavy atom. The molecular formula is C28H31F2N5O. The maximum atomic E-state index is 13.3. The monoisotopic (exact) mass is 491 g/mol. The van der Waals surface area contributed by atoms with Crippen molar-refractivity contribution in [3.05, 3.63) is 59.5 Å². The molecule has 2 N–H and O–H groups in total. The average molecular weight is 492 g/mol. The molecule has 0 atom stereocenters. The SMILES string of the molecule is CC(C)(C#N)c1ccc(NCC#Cc2cc3cc(CNC4CCOCC4)ccc3n2CC(F)F)cn1. The highest BCUT2D eigenvalue weighted by Gasteiger charge is 2.21. The average Bonchev–Trinajstić information content (AvgIpc) is 3.22. The Morgan fingerprint density at radius 3 is 2.69 bits per heavy atom. The number of anilines is 1. The van der Waals surface area contributed by atoms with Gasteiger partial charge in [-0.2, -0.15) is 5.26 Å². The van der Waals surface area contributed by atoms with Gasteiger partial charge in [0.15, 0.2) is 0 Å². The van der Waals surface area contributed by atoms with Gasteiger partial charge >= 0.3 is 0 Å². The molecular weight excluding hydrogens is 460 g/mol. The van der Waals surface area contributed by atoms with E-state index in [2.05, 4.69) is 33.5 Å². The zero-order valence-electron chi connectivity index (χ0n) is 20.7. The van der Waals surface area contributed by atoms with Crippen LogP contribution in [0.25, 0.3) is 10.9 Å². The number of benzene rings is 1. The van der Waals surface area contributed by atoms with Gasteiger partial charge in [0.05, 0.1) is 47.8 Å². The number of nitrogens with zero attached hydrogens (tertiary/aromatic N) is 3. The zero-order chi connectivity index (χ0) is 25.5. The summed E-state index contributed by atoms with van der Waals surface area (Å²) >= 11 is 0. The van der Waals surface area contributed by atoms with Crippen LogP contribution in [-0.4, -0.2) is 41.8 Å². The Morgan fingerprint density at radius 2 is 2.00 bits per heavy atom. The van der Waals surface area contributed by atoms with Crippen molar-refractivity contribution in [1.82, 2.24) is 14.9 Å². The zero-order valence-corrected chi connectivity index (χ0v) is 20.7. The van der Waals surface area contributed by atoms with E-state index in [0.717, 1.165) is 54.8 Å². The third-order valence-corrected chi connectivity index (χ3v) is 6.38. The van der Waals surface area contributed by atoms with E-state index in [1.165, 1.54) is 0 Å². The van der Waals surface area contributed by atoms with Gasteiger partial charge in [0.1, 0.15) is 0 Å². The minimum absolute atomic E-state index is 0.332. The molecule has 0 unspecified atom stereocenters. The maximum Gasteiger partial charge on any atom is 0.256 e. The van der Waals surface area contributed by atoms with Gasteiger partial charge in [0, 0.05) is 36.7 Å². The number of pyridine rings is 1. The van der Waals surface area contributed by atoms with Crippen LogP contribution in [0, 0.1) is 23.2 Å². The summed E-state index contributed by atoms with van der Waals surface area (Å²) in [7, 11) is 0. The molecule has 0 spiro atoms. The third kappa shape index (κ3) is 6.40. The van der Waals surface area contributed by atoms with E-state index in [1.54, 1.807) is 10.8 Å². The smallest absolute Gasteiger partial charge is 0.256 e. The molecule has 188 valence electrons. The van der Waals surface area contributed by atoms with E-state index in [0.29, 0.717) is 24.0 Å². The Balaban J connectivity index is 1.45. The predicted molar refractivity (Wildman–Crippen MR) is 137 cm³/mol. The van der Waals surface area contributed by atoms with Crippen molar-refractivity contribution in [3.8, 4) is 17.9 Å². The lowest BCUT2D eigenvalue weighted by Crippen LogP contribution is -2.34. The predicted octanol–water partition coefficient (Wildman–Crippen LogP) is 4.83. The molecule has 3 heterocycles. The van der Waals surface area contributed by atoms with Crippen LogP contribution >= 0.6 is 0 Å². The molecule has 4 rings (SSSR count). The maximum absolute atomic E-state index is 13.3. The van der Waals surface area contributed by atoms with Crippen molar-refractivity contribution in [2.75, 3.05) is 25.1 Å². The highest BCUT2D eigenvalue weighted by Crippen LogP contribution is 2.23. The molecule has 1 aliphatic heterocycles. The summed E-state index contributed by atoms with van der Waals surface area (Å²) in [5.74, 6) is 6.08. The fourth-order valence-electron chi connectivity index (χ4n) is 4.24. The molecule has 0 bridgehead atoms. The number of ether oxygens (including phenoxy) is 1. The number of fused-ring (bicyclic) bond motifs is 1. The fraction of sp³-hybridized carbons (Fsp3) is 0.429. The Bertz CT molecular complexity index is 1280. The fourth-order valence-corrected chi connectivity index (χ4v) is 4.24. The molecule has 0 aliphatic carbocycles. The second kappa shape index (κ2) is 11.5. The number of hydrogen-bond donors (Lipinski definition) is 2. The largest absolute Gasteiger partial charge is 0.381 e. The first-order valence-electron chi connectivity index (χ1n) is 12.2.